The van der Waals surface area contributed by atoms with Crippen molar-refractivity contribution in [3.63, 3.8) is 0 Å². The highest BCUT2D eigenvalue weighted by molar-refractivity contribution is 6.08. The normalized spacial score (nSPS) is 14.3. The molecular weight excluding hydrogens is 428 g/mol. The van der Waals surface area contributed by atoms with Gasteiger partial charge in [0.2, 0.25) is 0 Å². The van der Waals surface area contributed by atoms with Crippen LogP contribution in [0.4, 0.5) is 11.6 Å². The van der Waals surface area contributed by atoms with Gasteiger partial charge in [0.1, 0.15) is 5.82 Å². The maximum atomic E-state index is 7.82. The first-order valence-electron chi connectivity index (χ1n) is 11.8. The molecular formula is C25H32N8O. The number of hydrogen-bond acceptors (Lipinski definition) is 9. The molecule has 178 valence electrons. The standard InChI is InChI=1S/C25H32N8O/c1-3-17(4-2)19-10-25(33-30-14-19)32-24-6-5-22-23(31-24)9-18(13-29-22)20(11-26)12-27-7-8-34-21-15-28-16-21/h5-6,9-14,17,21,26-28H,3-4,7-8,15-16H2,1-2H3,(H,31,32,33)/b20-12+,26-11?. The summed E-state index contributed by atoms with van der Waals surface area (Å²) >= 11 is 0. The molecule has 3 aromatic rings. The molecule has 0 bridgehead atoms. The third-order valence-electron chi connectivity index (χ3n) is 6.02. The topological polar surface area (TPSA) is 121 Å². The van der Waals surface area contributed by atoms with Gasteiger partial charge in [0.05, 0.1) is 29.9 Å². The first kappa shape index (κ1) is 23.7. The zero-order valence-corrected chi connectivity index (χ0v) is 19.7. The molecule has 4 heterocycles. The zero-order chi connectivity index (χ0) is 23.8. The van der Waals surface area contributed by atoms with Gasteiger partial charge in [-0.05, 0) is 48.6 Å². The van der Waals surface area contributed by atoms with E-state index in [1.54, 1.807) is 6.20 Å². The van der Waals surface area contributed by atoms with Gasteiger partial charge >= 0.3 is 0 Å². The minimum absolute atomic E-state index is 0.319. The van der Waals surface area contributed by atoms with E-state index < -0.39 is 0 Å². The molecule has 4 N–H and O–H groups in total. The van der Waals surface area contributed by atoms with Crippen LogP contribution in [0.15, 0.2) is 42.9 Å². The van der Waals surface area contributed by atoms with E-state index in [2.05, 4.69) is 45.0 Å². The minimum atomic E-state index is 0.319. The van der Waals surface area contributed by atoms with Gasteiger partial charge in [0.25, 0.3) is 0 Å². The largest absolute Gasteiger partial charge is 0.388 e. The summed E-state index contributed by atoms with van der Waals surface area (Å²) in [5.41, 5.74) is 4.24. The summed E-state index contributed by atoms with van der Waals surface area (Å²) in [7, 11) is 0. The number of nitrogens with zero attached hydrogens (tertiary/aromatic N) is 4. The molecule has 0 aromatic carbocycles. The lowest BCUT2D eigenvalue weighted by Crippen LogP contribution is -2.49. The predicted molar refractivity (Wildman–Crippen MR) is 136 cm³/mol. The first-order chi connectivity index (χ1) is 16.7. The molecule has 34 heavy (non-hydrogen) atoms. The summed E-state index contributed by atoms with van der Waals surface area (Å²) in [5.74, 6) is 1.81. The monoisotopic (exact) mass is 460 g/mol. The van der Waals surface area contributed by atoms with Crippen molar-refractivity contribution in [2.75, 3.05) is 31.6 Å². The van der Waals surface area contributed by atoms with Crippen LogP contribution in [0.5, 0.6) is 0 Å². The fraction of sp³-hybridized carbons (Fsp3) is 0.400. The van der Waals surface area contributed by atoms with Crippen molar-refractivity contribution in [3.8, 4) is 0 Å². The number of fused-ring (bicyclic) bond motifs is 1. The average Bonchev–Trinajstić information content (AvgIpc) is 2.83. The van der Waals surface area contributed by atoms with E-state index in [0.717, 1.165) is 48.1 Å². The number of nitrogens with one attached hydrogen (secondary N) is 4. The molecule has 1 aliphatic rings. The van der Waals surface area contributed by atoms with Gasteiger partial charge < -0.3 is 26.1 Å². The maximum absolute atomic E-state index is 7.82. The van der Waals surface area contributed by atoms with Crippen LogP contribution in [0.25, 0.3) is 16.6 Å². The molecule has 1 fully saturated rings. The van der Waals surface area contributed by atoms with Crippen molar-refractivity contribution in [1.82, 2.24) is 30.8 Å². The van der Waals surface area contributed by atoms with E-state index in [1.165, 1.54) is 11.8 Å². The molecule has 1 aliphatic heterocycles. The Kier molecular flexibility index (Phi) is 8.11. The second-order valence-electron chi connectivity index (χ2n) is 8.32. The van der Waals surface area contributed by atoms with Crippen molar-refractivity contribution in [2.45, 2.75) is 38.7 Å². The summed E-state index contributed by atoms with van der Waals surface area (Å²) in [5, 5.41) is 25.9. The van der Waals surface area contributed by atoms with E-state index in [9.17, 15) is 0 Å². The Balaban J connectivity index is 1.46. The summed E-state index contributed by atoms with van der Waals surface area (Å²) in [6, 6.07) is 7.78. The van der Waals surface area contributed by atoms with E-state index in [0.29, 0.717) is 36.8 Å². The molecule has 0 unspecified atom stereocenters. The van der Waals surface area contributed by atoms with E-state index in [4.69, 9.17) is 15.1 Å². The predicted octanol–water partition coefficient (Wildman–Crippen LogP) is 3.64. The molecule has 0 amide bonds. The first-order valence-corrected chi connectivity index (χ1v) is 11.8. The van der Waals surface area contributed by atoms with Gasteiger partial charge in [0.15, 0.2) is 5.82 Å². The Morgan fingerprint density at radius 2 is 2.03 bits per heavy atom. The molecule has 0 aliphatic carbocycles. The number of anilines is 2. The highest BCUT2D eigenvalue weighted by Gasteiger charge is 2.16. The molecule has 3 aromatic heterocycles. The second-order valence-corrected chi connectivity index (χ2v) is 8.32. The Hall–Kier alpha value is -3.43. The third-order valence-corrected chi connectivity index (χ3v) is 6.02. The van der Waals surface area contributed by atoms with Crippen LogP contribution in [0.1, 0.15) is 43.7 Å². The van der Waals surface area contributed by atoms with E-state index in [1.807, 2.05) is 36.7 Å². The second kappa shape index (κ2) is 11.6. The summed E-state index contributed by atoms with van der Waals surface area (Å²) in [4.78, 5) is 9.24. The molecule has 1 saturated heterocycles. The Morgan fingerprint density at radius 3 is 2.76 bits per heavy atom. The highest BCUT2D eigenvalue weighted by atomic mass is 16.5. The highest BCUT2D eigenvalue weighted by Crippen LogP contribution is 2.25. The fourth-order valence-electron chi connectivity index (χ4n) is 3.85. The lowest BCUT2D eigenvalue weighted by Gasteiger charge is -2.27. The van der Waals surface area contributed by atoms with Gasteiger partial charge in [0, 0.05) is 49.4 Å². The number of ether oxygens (including phenoxy) is 1. The SMILES string of the molecule is CCC(CC)c1cnnc(Nc2ccc3ncc(/C(C=N)=C/NCCOC4CNC4)cc3n2)c1. The van der Waals surface area contributed by atoms with Crippen LogP contribution in [0, 0.1) is 5.41 Å². The van der Waals surface area contributed by atoms with Crippen LogP contribution in [-0.4, -0.2) is 58.7 Å². The van der Waals surface area contributed by atoms with Crippen molar-refractivity contribution in [2.24, 2.45) is 0 Å². The van der Waals surface area contributed by atoms with Crippen molar-refractivity contribution in [3.05, 3.63) is 54.0 Å². The number of pyridine rings is 2. The molecule has 0 atom stereocenters. The summed E-state index contributed by atoms with van der Waals surface area (Å²) in [6.45, 7) is 7.52. The Labute approximate surface area is 200 Å². The number of aromatic nitrogens is 4. The summed E-state index contributed by atoms with van der Waals surface area (Å²) in [6.07, 6.45) is 9.17. The van der Waals surface area contributed by atoms with Gasteiger partial charge in [-0.2, -0.15) is 5.10 Å². The van der Waals surface area contributed by atoms with Crippen LogP contribution >= 0.6 is 0 Å². The number of hydrogen-bond donors (Lipinski definition) is 4. The van der Waals surface area contributed by atoms with Crippen molar-refractivity contribution < 1.29 is 4.74 Å². The van der Waals surface area contributed by atoms with Gasteiger partial charge in [-0.3, -0.25) is 4.98 Å². The van der Waals surface area contributed by atoms with Gasteiger partial charge in [-0.15, -0.1) is 5.10 Å². The van der Waals surface area contributed by atoms with Crippen molar-refractivity contribution >= 4 is 34.5 Å². The quantitative estimate of drug-likeness (QED) is 0.239. The molecule has 0 radical (unpaired) electrons. The number of allylic oxidation sites excluding steroid dienone is 1. The minimum Gasteiger partial charge on any atom is -0.388 e. The average molecular weight is 461 g/mol. The zero-order valence-electron chi connectivity index (χ0n) is 19.7. The summed E-state index contributed by atoms with van der Waals surface area (Å²) < 4.78 is 5.70. The maximum Gasteiger partial charge on any atom is 0.154 e. The lowest BCUT2D eigenvalue weighted by atomic mass is 9.96. The van der Waals surface area contributed by atoms with Gasteiger partial charge in [-0.25, -0.2) is 4.98 Å². The molecule has 9 nitrogen and oxygen atoms in total. The van der Waals surface area contributed by atoms with Crippen LogP contribution in [-0.2, 0) is 4.74 Å². The van der Waals surface area contributed by atoms with Crippen LogP contribution in [0.2, 0.25) is 0 Å². The lowest BCUT2D eigenvalue weighted by molar-refractivity contribution is 0.0219. The van der Waals surface area contributed by atoms with Crippen LogP contribution < -0.4 is 16.0 Å². The van der Waals surface area contributed by atoms with Gasteiger partial charge in [-0.1, -0.05) is 13.8 Å². The third kappa shape index (κ3) is 5.92. The van der Waals surface area contributed by atoms with E-state index in [-0.39, 0.29) is 0 Å². The fourth-order valence-corrected chi connectivity index (χ4v) is 3.85. The van der Waals surface area contributed by atoms with E-state index >= 15 is 0 Å². The Bertz CT molecular complexity index is 1140. The molecule has 0 spiro atoms. The van der Waals surface area contributed by atoms with Crippen LogP contribution in [0.3, 0.4) is 0 Å². The Morgan fingerprint density at radius 1 is 1.18 bits per heavy atom. The smallest absolute Gasteiger partial charge is 0.154 e. The van der Waals surface area contributed by atoms with Crippen molar-refractivity contribution in [1.29, 1.82) is 5.41 Å². The molecule has 9 heteroatoms. The molecule has 4 rings (SSSR count). The molecule has 0 saturated carbocycles. The number of rotatable bonds is 12.